The number of hydrogen-bond donors (Lipinski definition) is 1. The summed E-state index contributed by atoms with van der Waals surface area (Å²) >= 11 is 5.39. The van der Waals surface area contributed by atoms with Crippen LogP contribution in [0.1, 0.15) is 12.8 Å². The van der Waals surface area contributed by atoms with E-state index in [1.165, 1.54) is 17.7 Å². The SMILES string of the molecule is S=c1[nH]cc(-c2ccccc2)n1CCC1CCOC1. The van der Waals surface area contributed by atoms with Gasteiger partial charge in [0.15, 0.2) is 4.77 Å². The van der Waals surface area contributed by atoms with E-state index in [1.807, 2.05) is 12.3 Å². The number of ether oxygens (including phenoxy) is 1. The number of nitrogens with one attached hydrogen (secondary N) is 1. The van der Waals surface area contributed by atoms with Crippen LogP contribution in [0.2, 0.25) is 0 Å². The standard InChI is InChI=1S/C15H18N2OS/c19-15-16-10-14(13-4-2-1-3-5-13)17(15)8-6-12-7-9-18-11-12/h1-5,10,12H,6-9,11H2,(H,16,19). The molecule has 0 spiro atoms. The molecule has 0 aliphatic carbocycles. The summed E-state index contributed by atoms with van der Waals surface area (Å²) in [4.78, 5) is 3.16. The molecule has 1 atom stereocenters. The summed E-state index contributed by atoms with van der Waals surface area (Å²) in [6.45, 7) is 2.77. The lowest BCUT2D eigenvalue weighted by Gasteiger charge is -2.11. The van der Waals surface area contributed by atoms with Crippen molar-refractivity contribution in [2.45, 2.75) is 19.4 Å². The first-order valence-electron chi connectivity index (χ1n) is 6.76. The van der Waals surface area contributed by atoms with Crippen LogP contribution in [0.25, 0.3) is 11.3 Å². The quantitative estimate of drug-likeness (QED) is 0.863. The highest BCUT2D eigenvalue weighted by molar-refractivity contribution is 7.71. The number of rotatable bonds is 4. The highest BCUT2D eigenvalue weighted by Crippen LogP contribution is 2.22. The number of aromatic nitrogens is 2. The molecule has 3 rings (SSSR count). The fraction of sp³-hybridized carbons (Fsp3) is 0.400. The maximum atomic E-state index is 5.43. The third-order valence-electron chi connectivity index (χ3n) is 3.72. The molecule has 1 fully saturated rings. The molecule has 0 amide bonds. The zero-order valence-electron chi connectivity index (χ0n) is 10.8. The van der Waals surface area contributed by atoms with Crippen molar-refractivity contribution in [1.82, 2.24) is 9.55 Å². The second-order valence-electron chi connectivity index (χ2n) is 5.02. The zero-order chi connectivity index (χ0) is 13.1. The number of aromatic amines is 1. The van der Waals surface area contributed by atoms with Crippen molar-refractivity contribution in [3.05, 3.63) is 41.3 Å². The van der Waals surface area contributed by atoms with Crippen molar-refractivity contribution in [3.63, 3.8) is 0 Å². The van der Waals surface area contributed by atoms with E-state index in [2.05, 4.69) is 33.8 Å². The van der Waals surface area contributed by atoms with Crippen LogP contribution < -0.4 is 0 Å². The smallest absolute Gasteiger partial charge is 0.177 e. The Bertz CT molecular complexity index is 582. The zero-order valence-corrected chi connectivity index (χ0v) is 11.7. The minimum absolute atomic E-state index is 0.681. The molecule has 100 valence electrons. The molecular formula is C15H18N2OS. The molecule has 3 nitrogen and oxygen atoms in total. The average Bonchev–Trinajstić information content (AvgIpc) is 3.07. The molecule has 2 heterocycles. The van der Waals surface area contributed by atoms with Crippen molar-refractivity contribution in [1.29, 1.82) is 0 Å². The van der Waals surface area contributed by atoms with Gasteiger partial charge in [-0.25, -0.2) is 0 Å². The van der Waals surface area contributed by atoms with E-state index in [9.17, 15) is 0 Å². The van der Waals surface area contributed by atoms with E-state index in [4.69, 9.17) is 17.0 Å². The van der Waals surface area contributed by atoms with Crippen LogP contribution >= 0.6 is 12.2 Å². The molecule has 0 bridgehead atoms. The van der Waals surface area contributed by atoms with Gasteiger partial charge in [0.05, 0.1) is 5.69 Å². The lowest BCUT2D eigenvalue weighted by molar-refractivity contribution is 0.183. The maximum Gasteiger partial charge on any atom is 0.177 e. The summed E-state index contributed by atoms with van der Waals surface area (Å²) in [5, 5.41) is 0. The normalized spacial score (nSPS) is 18.8. The first-order chi connectivity index (χ1) is 9.34. The Morgan fingerprint density at radius 1 is 1.32 bits per heavy atom. The van der Waals surface area contributed by atoms with Crippen LogP contribution in [0.3, 0.4) is 0 Å². The molecular weight excluding hydrogens is 256 g/mol. The van der Waals surface area contributed by atoms with Gasteiger partial charge in [-0.15, -0.1) is 0 Å². The van der Waals surface area contributed by atoms with Crippen molar-refractivity contribution in [2.75, 3.05) is 13.2 Å². The Kier molecular flexibility index (Phi) is 3.80. The number of nitrogens with zero attached hydrogens (tertiary/aromatic N) is 1. The topological polar surface area (TPSA) is 29.9 Å². The summed E-state index contributed by atoms with van der Waals surface area (Å²) in [6.07, 6.45) is 4.31. The van der Waals surface area contributed by atoms with E-state index < -0.39 is 0 Å². The van der Waals surface area contributed by atoms with Crippen LogP contribution in [-0.2, 0) is 11.3 Å². The molecule has 4 heteroatoms. The predicted molar refractivity (Wildman–Crippen MR) is 78.6 cm³/mol. The molecule has 1 aliphatic rings. The molecule has 1 saturated heterocycles. The second-order valence-corrected chi connectivity index (χ2v) is 5.40. The maximum absolute atomic E-state index is 5.43. The average molecular weight is 274 g/mol. The van der Waals surface area contributed by atoms with Crippen molar-refractivity contribution < 1.29 is 4.74 Å². The molecule has 1 aromatic heterocycles. The Balaban J connectivity index is 1.80. The fourth-order valence-corrected chi connectivity index (χ4v) is 2.84. The Hall–Kier alpha value is -1.39. The largest absolute Gasteiger partial charge is 0.381 e. The highest BCUT2D eigenvalue weighted by atomic mass is 32.1. The van der Waals surface area contributed by atoms with Crippen molar-refractivity contribution in [3.8, 4) is 11.3 Å². The van der Waals surface area contributed by atoms with Crippen LogP contribution in [-0.4, -0.2) is 22.8 Å². The summed E-state index contributed by atoms with van der Waals surface area (Å²) in [5.74, 6) is 0.681. The van der Waals surface area contributed by atoms with Crippen LogP contribution in [0, 0.1) is 10.7 Å². The Labute approximate surface area is 118 Å². The third-order valence-corrected chi connectivity index (χ3v) is 4.06. The van der Waals surface area contributed by atoms with Gasteiger partial charge in [0.25, 0.3) is 0 Å². The molecule has 1 aliphatic heterocycles. The van der Waals surface area contributed by atoms with Gasteiger partial charge >= 0.3 is 0 Å². The fourth-order valence-electron chi connectivity index (χ4n) is 2.59. The molecule has 1 N–H and O–H groups in total. The molecule has 0 radical (unpaired) electrons. The monoisotopic (exact) mass is 274 g/mol. The van der Waals surface area contributed by atoms with E-state index in [1.54, 1.807) is 0 Å². The van der Waals surface area contributed by atoms with Gasteiger partial charge in [0.1, 0.15) is 0 Å². The lowest BCUT2D eigenvalue weighted by Crippen LogP contribution is -2.07. The molecule has 19 heavy (non-hydrogen) atoms. The lowest BCUT2D eigenvalue weighted by atomic mass is 10.1. The minimum Gasteiger partial charge on any atom is -0.381 e. The summed E-state index contributed by atoms with van der Waals surface area (Å²) < 4.78 is 8.43. The number of benzene rings is 1. The van der Waals surface area contributed by atoms with E-state index >= 15 is 0 Å². The van der Waals surface area contributed by atoms with Gasteiger partial charge in [-0.2, -0.15) is 0 Å². The molecule has 1 unspecified atom stereocenters. The van der Waals surface area contributed by atoms with E-state index in [0.717, 1.165) is 31.0 Å². The molecule has 0 saturated carbocycles. The van der Waals surface area contributed by atoms with Gasteiger partial charge in [-0.1, -0.05) is 30.3 Å². The van der Waals surface area contributed by atoms with Gasteiger partial charge in [0, 0.05) is 26.0 Å². The van der Waals surface area contributed by atoms with Gasteiger partial charge in [-0.05, 0) is 36.5 Å². The third kappa shape index (κ3) is 2.80. The summed E-state index contributed by atoms with van der Waals surface area (Å²) in [7, 11) is 0. The van der Waals surface area contributed by atoms with Gasteiger partial charge in [0.2, 0.25) is 0 Å². The second kappa shape index (κ2) is 5.72. The van der Waals surface area contributed by atoms with Crippen LogP contribution in [0.5, 0.6) is 0 Å². The Morgan fingerprint density at radius 3 is 2.89 bits per heavy atom. The predicted octanol–water partition coefficient (Wildman–Crippen LogP) is 3.64. The Morgan fingerprint density at radius 2 is 2.16 bits per heavy atom. The van der Waals surface area contributed by atoms with Gasteiger partial charge < -0.3 is 14.3 Å². The molecule has 1 aromatic carbocycles. The number of hydrogen-bond acceptors (Lipinski definition) is 2. The first kappa shape index (κ1) is 12.6. The number of imidazole rings is 1. The van der Waals surface area contributed by atoms with Crippen LogP contribution in [0.4, 0.5) is 0 Å². The number of H-pyrrole nitrogens is 1. The summed E-state index contributed by atoms with van der Waals surface area (Å²) in [6, 6.07) is 10.4. The molecule has 2 aromatic rings. The van der Waals surface area contributed by atoms with Crippen LogP contribution in [0.15, 0.2) is 36.5 Å². The van der Waals surface area contributed by atoms with Gasteiger partial charge in [-0.3, -0.25) is 0 Å². The highest BCUT2D eigenvalue weighted by Gasteiger charge is 2.16. The van der Waals surface area contributed by atoms with Crippen molar-refractivity contribution in [2.24, 2.45) is 5.92 Å². The van der Waals surface area contributed by atoms with E-state index in [-0.39, 0.29) is 0 Å². The minimum atomic E-state index is 0.681. The first-order valence-corrected chi connectivity index (χ1v) is 7.17. The summed E-state index contributed by atoms with van der Waals surface area (Å²) in [5.41, 5.74) is 2.38. The van der Waals surface area contributed by atoms with E-state index in [0.29, 0.717) is 5.92 Å². The van der Waals surface area contributed by atoms with Crippen molar-refractivity contribution >= 4 is 12.2 Å².